The Morgan fingerprint density at radius 1 is 1.22 bits per heavy atom. The zero-order valence-corrected chi connectivity index (χ0v) is 14.2. The molecule has 0 saturated heterocycles. The fourth-order valence-corrected chi connectivity index (χ4v) is 3.56. The van der Waals surface area contributed by atoms with Crippen molar-refractivity contribution in [2.45, 2.75) is 68.0 Å². The molecule has 1 aromatic heterocycles. The van der Waals surface area contributed by atoms with Gasteiger partial charge >= 0.3 is 0 Å². The Kier molecular flexibility index (Phi) is 5.50. The van der Waals surface area contributed by atoms with Crippen LogP contribution >= 0.6 is 11.8 Å². The molecule has 0 unspecified atom stereocenters. The molecule has 23 heavy (non-hydrogen) atoms. The summed E-state index contributed by atoms with van der Waals surface area (Å²) in [6, 6.07) is 0.432. The molecule has 0 aromatic carbocycles. The summed E-state index contributed by atoms with van der Waals surface area (Å²) in [4.78, 5) is 13.5. The molecule has 126 valence electrons. The van der Waals surface area contributed by atoms with Gasteiger partial charge in [-0.3, -0.25) is 4.99 Å². The van der Waals surface area contributed by atoms with Crippen molar-refractivity contribution in [1.29, 1.82) is 0 Å². The van der Waals surface area contributed by atoms with Crippen molar-refractivity contribution in [3.63, 3.8) is 0 Å². The highest BCUT2D eigenvalue weighted by Gasteiger charge is 2.24. The zero-order valence-electron chi connectivity index (χ0n) is 13.4. The van der Waals surface area contributed by atoms with E-state index in [1.807, 2.05) is 12.5 Å². The summed E-state index contributed by atoms with van der Waals surface area (Å²) in [7, 11) is 0. The average Bonchev–Trinajstić information content (AvgIpc) is 3.14. The van der Waals surface area contributed by atoms with Gasteiger partial charge in [-0.2, -0.15) is 0 Å². The Labute approximate surface area is 140 Å². The van der Waals surface area contributed by atoms with Crippen LogP contribution in [-0.4, -0.2) is 56.9 Å². The number of rotatable bonds is 5. The summed E-state index contributed by atoms with van der Waals surface area (Å²) in [5.74, 6) is 0.783. The van der Waals surface area contributed by atoms with E-state index in [9.17, 15) is 10.2 Å². The van der Waals surface area contributed by atoms with Gasteiger partial charge < -0.3 is 15.5 Å². The third kappa shape index (κ3) is 4.43. The minimum atomic E-state index is -0.218. The largest absolute Gasteiger partial charge is 0.393 e. The normalized spacial score (nSPS) is 31.1. The van der Waals surface area contributed by atoms with Crippen molar-refractivity contribution in [3.05, 3.63) is 11.8 Å². The van der Waals surface area contributed by atoms with E-state index in [1.165, 1.54) is 11.8 Å². The lowest BCUT2D eigenvalue weighted by atomic mass is 10.2. The van der Waals surface area contributed by atoms with Gasteiger partial charge in [-0.05, 0) is 44.8 Å². The van der Waals surface area contributed by atoms with Crippen LogP contribution in [0.5, 0.6) is 0 Å². The molecule has 0 amide bonds. The monoisotopic (exact) mass is 336 g/mol. The Bertz CT molecular complexity index is 569. The standard InChI is InChI=1S/C16H24N4O2S/c1-23-16-18-9-10(8-17-11-2-4-13(21)6-11)15(20-16)19-12-3-5-14(22)7-12/h8-9,11-14,21-22H,2-7H2,1H3,(H,18,19,20)/b17-8+/t11-,12-,13-,14-/m1/s1. The molecule has 2 aliphatic carbocycles. The molecule has 0 bridgehead atoms. The van der Waals surface area contributed by atoms with Crippen LogP contribution in [0.1, 0.15) is 44.1 Å². The van der Waals surface area contributed by atoms with E-state index in [0.29, 0.717) is 0 Å². The van der Waals surface area contributed by atoms with Crippen molar-refractivity contribution >= 4 is 23.8 Å². The van der Waals surface area contributed by atoms with E-state index < -0.39 is 0 Å². The highest BCUT2D eigenvalue weighted by molar-refractivity contribution is 7.98. The van der Waals surface area contributed by atoms with E-state index in [4.69, 9.17) is 0 Å². The van der Waals surface area contributed by atoms with Crippen LogP contribution in [-0.2, 0) is 0 Å². The lowest BCUT2D eigenvalue weighted by molar-refractivity contribution is 0.181. The third-order valence-corrected chi connectivity index (χ3v) is 5.09. The predicted octanol–water partition coefficient (Wildman–Crippen LogP) is 1.86. The van der Waals surface area contributed by atoms with Gasteiger partial charge in [0.05, 0.1) is 23.8 Å². The molecule has 3 rings (SSSR count). The van der Waals surface area contributed by atoms with E-state index in [-0.39, 0.29) is 24.3 Å². The quantitative estimate of drug-likeness (QED) is 0.432. The zero-order chi connectivity index (χ0) is 16.2. The van der Waals surface area contributed by atoms with Crippen molar-refractivity contribution in [2.75, 3.05) is 11.6 Å². The van der Waals surface area contributed by atoms with Crippen LogP contribution in [0, 0.1) is 0 Å². The van der Waals surface area contributed by atoms with Crippen LogP contribution < -0.4 is 5.32 Å². The number of thioether (sulfide) groups is 1. The summed E-state index contributed by atoms with van der Waals surface area (Å²) >= 11 is 1.50. The van der Waals surface area contributed by atoms with Gasteiger partial charge in [0, 0.05) is 18.5 Å². The molecule has 7 heteroatoms. The fourth-order valence-electron chi connectivity index (χ4n) is 3.22. The average molecular weight is 336 g/mol. The van der Waals surface area contributed by atoms with E-state index >= 15 is 0 Å². The minimum Gasteiger partial charge on any atom is -0.393 e. The molecule has 3 N–H and O–H groups in total. The Morgan fingerprint density at radius 3 is 2.65 bits per heavy atom. The van der Waals surface area contributed by atoms with Gasteiger partial charge in [0.25, 0.3) is 0 Å². The molecule has 2 saturated carbocycles. The molecule has 1 heterocycles. The van der Waals surface area contributed by atoms with Crippen LogP contribution in [0.3, 0.4) is 0 Å². The number of nitrogens with zero attached hydrogens (tertiary/aromatic N) is 3. The molecule has 4 atom stereocenters. The summed E-state index contributed by atoms with van der Waals surface area (Å²) in [5, 5.41) is 23.4. The molecular weight excluding hydrogens is 312 g/mol. The second kappa shape index (κ2) is 7.59. The van der Waals surface area contributed by atoms with E-state index in [0.717, 1.165) is 55.1 Å². The number of hydrogen-bond acceptors (Lipinski definition) is 7. The van der Waals surface area contributed by atoms with Gasteiger partial charge in [-0.1, -0.05) is 11.8 Å². The molecule has 0 spiro atoms. The van der Waals surface area contributed by atoms with Crippen LogP contribution in [0.4, 0.5) is 5.82 Å². The van der Waals surface area contributed by atoms with Crippen LogP contribution in [0.25, 0.3) is 0 Å². The van der Waals surface area contributed by atoms with E-state index in [1.54, 1.807) is 6.20 Å². The first kappa shape index (κ1) is 16.7. The van der Waals surface area contributed by atoms with Gasteiger partial charge in [-0.25, -0.2) is 9.97 Å². The molecule has 0 aliphatic heterocycles. The molecule has 6 nitrogen and oxygen atoms in total. The molecule has 0 radical (unpaired) electrons. The molecular formula is C16H24N4O2S. The van der Waals surface area contributed by atoms with E-state index in [2.05, 4.69) is 20.3 Å². The SMILES string of the molecule is CSc1ncc(/C=N/[C@@H]2CC[C@@H](O)C2)c(N[C@@H]2CC[C@@H](O)C2)n1. The predicted molar refractivity (Wildman–Crippen MR) is 92.3 cm³/mol. The third-order valence-electron chi connectivity index (χ3n) is 4.53. The minimum absolute atomic E-state index is 0.186. The second-order valence-electron chi connectivity index (χ2n) is 6.37. The first-order valence-corrected chi connectivity index (χ1v) is 9.43. The number of aliphatic hydroxyl groups is 2. The number of aromatic nitrogens is 2. The van der Waals surface area contributed by atoms with Crippen molar-refractivity contribution in [3.8, 4) is 0 Å². The fraction of sp³-hybridized carbons (Fsp3) is 0.688. The van der Waals surface area contributed by atoms with Crippen LogP contribution in [0.15, 0.2) is 16.3 Å². The summed E-state index contributed by atoms with van der Waals surface area (Å²) in [6.07, 6.45) is 10.2. The topological polar surface area (TPSA) is 90.6 Å². The summed E-state index contributed by atoms with van der Waals surface area (Å²) < 4.78 is 0. The molecule has 2 aliphatic rings. The number of anilines is 1. The highest BCUT2D eigenvalue weighted by Crippen LogP contribution is 2.25. The van der Waals surface area contributed by atoms with Gasteiger partial charge in [0.15, 0.2) is 5.16 Å². The molecule has 2 fully saturated rings. The van der Waals surface area contributed by atoms with Crippen LogP contribution in [0.2, 0.25) is 0 Å². The van der Waals surface area contributed by atoms with Crippen molar-refractivity contribution in [1.82, 2.24) is 9.97 Å². The van der Waals surface area contributed by atoms with Gasteiger partial charge in [0.1, 0.15) is 5.82 Å². The smallest absolute Gasteiger partial charge is 0.189 e. The lowest BCUT2D eigenvalue weighted by Crippen LogP contribution is -2.19. The first-order valence-electron chi connectivity index (χ1n) is 8.21. The van der Waals surface area contributed by atoms with Crippen molar-refractivity contribution in [2.24, 2.45) is 4.99 Å². The number of nitrogens with one attached hydrogen (secondary N) is 1. The second-order valence-corrected chi connectivity index (χ2v) is 7.14. The Morgan fingerprint density at radius 2 is 2.00 bits per heavy atom. The Hall–Kier alpha value is -1.18. The molecule has 1 aromatic rings. The maximum absolute atomic E-state index is 9.69. The maximum Gasteiger partial charge on any atom is 0.189 e. The number of aliphatic imine (C=N–C) groups is 1. The Balaban J connectivity index is 1.74. The van der Waals surface area contributed by atoms with Crippen molar-refractivity contribution < 1.29 is 10.2 Å². The maximum atomic E-state index is 9.69. The number of aliphatic hydroxyl groups excluding tert-OH is 2. The summed E-state index contributed by atoms with van der Waals surface area (Å²) in [5.41, 5.74) is 0.866. The van der Waals surface area contributed by atoms with Gasteiger partial charge in [0.2, 0.25) is 0 Å². The number of hydrogen-bond donors (Lipinski definition) is 3. The highest BCUT2D eigenvalue weighted by atomic mass is 32.2. The summed E-state index contributed by atoms with van der Waals surface area (Å²) in [6.45, 7) is 0. The first-order chi connectivity index (χ1) is 11.1. The lowest BCUT2D eigenvalue weighted by Gasteiger charge is -2.15. The van der Waals surface area contributed by atoms with Gasteiger partial charge in [-0.15, -0.1) is 0 Å².